The second kappa shape index (κ2) is 11.0. The summed E-state index contributed by atoms with van der Waals surface area (Å²) in [4.78, 5) is 39.7. The molecule has 0 radical (unpaired) electrons. The topological polar surface area (TPSA) is 86.7 Å². The van der Waals surface area contributed by atoms with Crippen molar-refractivity contribution in [2.75, 3.05) is 13.2 Å². The van der Waals surface area contributed by atoms with Crippen LogP contribution >= 0.6 is 0 Å². The monoisotopic (exact) mass is 314 g/mol. The summed E-state index contributed by atoms with van der Waals surface area (Å²) in [6, 6.07) is 0. The summed E-state index contributed by atoms with van der Waals surface area (Å²) >= 11 is 0. The molecule has 1 saturated carbocycles. The van der Waals surface area contributed by atoms with E-state index in [-0.39, 0.29) is 37.2 Å². The Morgan fingerprint density at radius 3 is 2.05 bits per heavy atom. The van der Waals surface area contributed by atoms with E-state index in [1.165, 1.54) is 6.42 Å². The van der Waals surface area contributed by atoms with Gasteiger partial charge in [-0.05, 0) is 33.1 Å². The zero-order valence-electron chi connectivity index (χ0n) is 13.7. The minimum absolute atomic E-state index is 0.0523. The van der Waals surface area contributed by atoms with Gasteiger partial charge in [0.15, 0.2) is 0 Å². The Kier molecular flexibility index (Phi) is 10.1. The molecule has 0 spiro atoms. The quantitative estimate of drug-likeness (QED) is 0.553. The summed E-state index contributed by atoms with van der Waals surface area (Å²) in [5.74, 6) is -0.314. The van der Waals surface area contributed by atoms with Gasteiger partial charge in [-0.2, -0.15) is 9.59 Å². The van der Waals surface area contributed by atoms with Gasteiger partial charge in [0.25, 0.3) is 0 Å². The fraction of sp³-hybridized carbons (Fsp3) is 0.812. The van der Waals surface area contributed by atoms with E-state index in [0.29, 0.717) is 0 Å². The highest BCUT2D eigenvalue weighted by Crippen LogP contribution is 2.24. The average molecular weight is 314 g/mol. The Morgan fingerprint density at radius 1 is 1.05 bits per heavy atom. The lowest BCUT2D eigenvalue weighted by Gasteiger charge is -2.21. The number of hydrogen-bond acceptors (Lipinski definition) is 6. The van der Waals surface area contributed by atoms with Crippen LogP contribution in [0, 0.1) is 11.3 Å². The van der Waals surface area contributed by atoms with E-state index in [9.17, 15) is 9.59 Å². The van der Waals surface area contributed by atoms with E-state index in [1.54, 1.807) is 0 Å². The summed E-state index contributed by atoms with van der Waals surface area (Å²) in [5.41, 5.74) is -0.465. The molecule has 0 aromatic carbocycles. The minimum atomic E-state index is -0.465. The van der Waals surface area contributed by atoms with Gasteiger partial charge >= 0.3 is 18.1 Å². The Balaban J connectivity index is 0.00000135. The SMILES string of the molecule is CCC(C)(C)C(=O)OCCOC(=O)C1CCCCC1.O=C=O. The molecule has 0 N–H and O–H groups in total. The highest BCUT2D eigenvalue weighted by Gasteiger charge is 2.27. The molecule has 1 rings (SSSR count). The molecule has 0 atom stereocenters. The van der Waals surface area contributed by atoms with Crippen molar-refractivity contribution in [3.63, 3.8) is 0 Å². The first-order valence-electron chi connectivity index (χ1n) is 7.72. The van der Waals surface area contributed by atoms with Crippen LogP contribution in [0.1, 0.15) is 59.3 Å². The number of hydrogen-bond donors (Lipinski definition) is 0. The van der Waals surface area contributed by atoms with Gasteiger partial charge in [-0.1, -0.05) is 26.2 Å². The Bertz CT molecular complexity index is 376. The third-order valence-corrected chi connectivity index (χ3v) is 3.94. The van der Waals surface area contributed by atoms with E-state index in [4.69, 9.17) is 19.1 Å². The number of rotatable bonds is 6. The lowest BCUT2D eigenvalue weighted by Crippen LogP contribution is -2.28. The Labute approximate surface area is 131 Å². The van der Waals surface area contributed by atoms with Gasteiger partial charge in [-0.15, -0.1) is 0 Å². The van der Waals surface area contributed by atoms with E-state index < -0.39 is 5.41 Å². The lowest BCUT2D eigenvalue weighted by molar-refractivity contribution is -0.191. The van der Waals surface area contributed by atoms with Crippen molar-refractivity contribution in [2.45, 2.75) is 59.3 Å². The highest BCUT2D eigenvalue weighted by atomic mass is 16.6. The second-order valence-electron chi connectivity index (χ2n) is 5.96. The van der Waals surface area contributed by atoms with E-state index in [0.717, 1.165) is 32.1 Å². The molecular formula is C16H26O6. The van der Waals surface area contributed by atoms with Gasteiger partial charge in [0, 0.05) is 0 Å². The molecule has 0 amide bonds. The molecule has 1 aliphatic carbocycles. The van der Waals surface area contributed by atoms with Crippen LogP contribution in [0.5, 0.6) is 0 Å². The third kappa shape index (κ3) is 7.93. The zero-order chi connectivity index (χ0) is 17.0. The van der Waals surface area contributed by atoms with Crippen LogP contribution in [-0.4, -0.2) is 31.3 Å². The maximum Gasteiger partial charge on any atom is 0.373 e. The van der Waals surface area contributed by atoms with Crippen LogP contribution in [0.3, 0.4) is 0 Å². The van der Waals surface area contributed by atoms with Gasteiger partial charge in [0.1, 0.15) is 13.2 Å². The first-order valence-corrected chi connectivity index (χ1v) is 7.72. The molecule has 126 valence electrons. The van der Waals surface area contributed by atoms with Crippen molar-refractivity contribution in [1.82, 2.24) is 0 Å². The van der Waals surface area contributed by atoms with Gasteiger partial charge in [-0.25, -0.2) is 0 Å². The zero-order valence-corrected chi connectivity index (χ0v) is 13.7. The molecule has 0 heterocycles. The third-order valence-electron chi connectivity index (χ3n) is 3.94. The fourth-order valence-corrected chi connectivity index (χ4v) is 2.07. The summed E-state index contributed by atoms with van der Waals surface area (Å²) in [6.07, 6.45) is 6.28. The molecule has 1 fully saturated rings. The van der Waals surface area contributed by atoms with Crippen LogP contribution in [-0.2, 0) is 28.7 Å². The second-order valence-corrected chi connectivity index (χ2v) is 5.96. The summed E-state index contributed by atoms with van der Waals surface area (Å²) in [5, 5.41) is 0. The van der Waals surface area contributed by atoms with Crippen molar-refractivity contribution in [1.29, 1.82) is 0 Å². The number of ether oxygens (including phenoxy) is 2. The molecule has 6 nitrogen and oxygen atoms in total. The summed E-state index contributed by atoms with van der Waals surface area (Å²) in [7, 11) is 0. The molecule has 0 aromatic heterocycles. The standard InChI is InChI=1S/C15H26O4.CO2/c1-4-15(2,3)14(17)19-11-10-18-13(16)12-8-6-5-7-9-12;2-1-3/h12H,4-11H2,1-3H3;. The van der Waals surface area contributed by atoms with Crippen molar-refractivity contribution >= 4 is 18.1 Å². The lowest BCUT2D eigenvalue weighted by atomic mass is 9.89. The van der Waals surface area contributed by atoms with Gasteiger partial charge in [-0.3, -0.25) is 9.59 Å². The van der Waals surface area contributed by atoms with Gasteiger partial charge < -0.3 is 9.47 Å². The molecule has 1 aliphatic rings. The van der Waals surface area contributed by atoms with Gasteiger partial charge in [0.05, 0.1) is 11.3 Å². The van der Waals surface area contributed by atoms with Crippen molar-refractivity contribution < 1.29 is 28.7 Å². The highest BCUT2D eigenvalue weighted by molar-refractivity contribution is 5.75. The minimum Gasteiger partial charge on any atom is -0.462 e. The van der Waals surface area contributed by atoms with Crippen LogP contribution in [0.2, 0.25) is 0 Å². The fourth-order valence-electron chi connectivity index (χ4n) is 2.07. The number of carbonyl (C=O) groups is 2. The Morgan fingerprint density at radius 2 is 1.55 bits per heavy atom. The van der Waals surface area contributed by atoms with Crippen molar-refractivity contribution in [3.8, 4) is 0 Å². The van der Waals surface area contributed by atoms with Crippen LogP contribution in [0.4, 0.5) is 0 Å². The first-order chi connectivity index (χ1) is 10.4. The van der Waals surface area contributed by atoms with Gasteiger partial charge in [0.2, 0.25) is 0 Å². The normalized spacial score (nSPS) is 15.0. The van der Waals surface area contributed by atoms with Crippen LogP contribution in [0.25, 0.3) is 0 Å². The Hall–Kier alpha value is -1.68. The molecule has 22 heavy (non-hydrogen) atoms. The van der Waals surface area contributed by atoms with Crippen LogP contribution < -0.4 is 0 Å². The van der Waals surface area contributed by atoms with Crippen LogP contribution in [0.15, 0.2) is 0 Å². The first kappa shape index (κ1) is 20.3. The maximum absolute atomic E-state index is 11.7. The summed E-state index contributed by atoms with van der Waals surface area (Å²) < 4.78 is 10.3. The van der Waals surface area contributed by atoms with E-state index >= 15 is 0 Å². The maximum atomic E-state index is 11.7. The largest absolute Gasteiger partial charge is 0.462 e. The predicted molar refractivity (Wildman–Crippen MR) is 77.6 cm³/mol. The molecule has 0 bridgehead atoms. The predicted octanol–water partition coefficient (Wildman–Crippen LogP) is 2.51. The molecular weight excluding hydrogens is 288 g/mol. The molecule has 6 heteroatoms. The van der Waals surface area contributed by atoms with E-state index in [1.807, 2.05) is 20.8 Å². The average Bonchev–Trinajstić information content (AvgIpc) is 2.52. The molecule has 0 aromatic rings. The number of esters is 2. The van der Waals surface area contributed by atoms with Crippen molar-refractivity contribution in [3.05, 3.63) is 0 Å². The number of carbonyl (C=O) groups excluding carboxylic acids is 4. The van der Waals surface area contributed by atoms with E-state index in [2.05, 4.69) is 0 Å². The molecule has 0 saturated heterocycles. The molecule has 0 aliphatic heterocycles. The van der Waals surface area contributed by atoms with Crippen molar-refractivity contribution in [2.24, 2.45) is 11.3 Å². The smallest absolute Gasteiger partial charge is 0.373 e. The molecule has 0 unspecified atom stereocenters. The summed E-state index contributed by atoms with van der Waals surface area (Å²) in [6.45, 7) is 5.97.